The van der Waals surface area contributed by atoms with Crippen LogP contribution in [-0.2, 0) is 21.9 Å². The van der Waals surface area contributed by atoms with Crippen molar-refractivity contribution in [3.63, 3.8) is 0 Å². The lowest BCUT2D eigenvalue weighted by Gasteiger charge is -2.34. The molecule has 2 fully saturated rings. The van der Waals surface area contributed by atoms with E-state index in [2.05, 4.69) is 10.6 Å². The van der Waals surface area contributed by atoms with E-state index < -0.39 is 40.0 Å². The highest BCUT2D eigenvalue weighted by Gasteiger charge is 2.36. The molecule has 4 N–H and O–H groups in total. The summed E-state index contributed by atoms with van der Waals surface area (Å²) in [6.45, 7) is 0.692. The maximum atomic E-state index is 13.3. The third kappa shape index (κ3) is 8.43. The molecule has 0 atom stereocenters. The molecule has 2 aromatic carbocycles. The molecule has 9 nitrogen and oxygen atoms in total. The molecule has 2 aromatic rings. The Morgan fingerprint density at radius 2 is 1.58 bits per heavy atom. The maximum Gasteiger partial charge on any atom is 0.418 e. The molecule has 0 radical (unpaired) electrons. The summed E-state index contributed by atoms with van der Waals surface area (Å²) >= 11 is 0. The Morgan fingerprint density at radius 3 is 2.16 bits per heavy atom. The minimum atomic E-state index is -4.79. The predicted molar refractivity (Wildman–Crippen MR) is 143 cm³/mol. The average Bonchev–Trinajstić information content (AvgIpc) is 2.96. The van der Waals surface area contributed by atoms with Gasteiger partial charge in [0.05, 0.1) is 28.9 Å². The Hall–Kier alpha value is -3.74. The van der Waals surface area contributed by atoms with E-state index >= 15 is 0 Å². The van der Waals surface area contributed by atoms with Crippen LogP contribution in [0.3, 0.4) is 0 Å². The number of alkyl halides is 6. The van der Waals surface area contributed by atoms with Crippen LogP contribution >= 0.6 is 0 Å². The van der Waals surface area contributed by atoms with E-state index in [1.807, 2.05) is 0 Å². The summed E-state index contributed by atoms with van der Waals surface area (Å²) in [5.41, 5.74) is -2.84. The normalized spacial score (nSPS) is 19.9. The summed E-state index contributed by atoms with van der Waals surface area (Å²) in [7, 11) is 0. The molecule has 0 bridgehead atoms. The van der Waals surface area contributed by atoms with Gasteiger partial charge in [0.15, 0.2) is 0 Å². The second-order valence-corrected chi connectivity index (χ2v) is 10.6. The number of rotatable bonds is 8. The van der Waals surface area contributed by atoms with Gasteiger partial charge in [-0.25, -0.2) is 0 Å². The third-order valence-corrected chi connectivity index (χ3v) is 7.67. The van der Waals surface area contributed by atoms with Crippen LogP contribution in [0.25, 0.3) is 0 Å². The molecule has 15 heteroatoms. The number of carbonyl (C=O) groups excluding carboxylic acids is 1. The molecule has 1 saturated heterocycles. The minimum absolute atomic E-state index is 0.131. The summed E-state index contributed by atoms with van der Waals surface area (Å²) in [5, 5.41) is 32.5. The Kier molecular flexibility index (Phi) is 9.93. The van der Waals surface area contributed by atoms with Crippen molar-refractivity contribution in [3.8, 4) is 6.07 Å². The smallest absolute Gasteiger partial charge is 0.382 e. The molecule has 1 aliphatic carbocycles. The summed E-state index contributed by atoms with van der Waals surface area (Å²) < 4.78 is 85.6. The lowest BCUT2D eigenvalue weighted by Crippen LogP contribution is -2.46. The summed E-state index contributed by atoms with van der Waals surface area (Å²) in [6.07, 6.45) is -6.23. The number of amides is 1. The van der Waals surface area contributed by atoms with E-state index in [4.69, 9.17) is 20.4 Å². The molecule has 1 aliphatic heterocycles. The van der Waals surface area contributed by atoms with E-state index in [0.717, 1.165) is 24.3 Å². The number of nitrogens with zero attached hydrogens (tertiary/aromatic N) is 3. The van der Waals surface area contributed by atoms with Gasteiger partial charge in [-0.05, 0) is 74.9 Å². The lowest BCUT2D eigenvalue weighted by molar-refractivity contribution is -0.139. The van der Waals surface area contributed by atoms with Gasteiger partial charge in [-0.3, -0.25) is 15.2 Å². The van der Waals surface area contributed by atoms with Crippen molar-refractivity contribution in [2.75, 3.05) is 35.1 Å². The van der Waals surface area contributed by atoms with Crippen molar-refractivity contribution >= 4 is 23.0 Å². The molecule has 0 unspecified atom stereocenters. The van der Waals surface area contributed by atoms with E-state index in [0.29, 0.717) is 57.3 Å². The van der Waals surface area contributed by atoms with Crippen molar-refractivity contribution in [2.45, 2.75) is 69.1 Å². The number of carbonyl (C=O) groups is 1. The largest absolute Gasteiger partial charge is 0.418 e. The minimum Gasteiger partial charge on any atom is -0.382 e. The molecule has 2 aliphatic rings. The Bertz CT molecular complexity index is 1310. The number of piperidine rings is 1. The maximum absolute atomic E-state index is 13.3. The molecule has 0 spiro atoms. The highest BCUT2D eigenvalue weighted by Crippen LogP contribution is 2.38. The highest BCUT2D eigenvalue weighted by molar-refractivity contribution is 5.77. The van der Waals surface area contributed by atoms with E-state index in [9.17, 15) is 31.1 Å². The Labute approximate surface area is 243 Å². The van der Waals surface area contributed by atoms with Crippen LogP contribution in [0.2, 0.25) is 0 Å². The van der Waals surface area contributed by atoms with Crippen LogP contribution in [-0.4, -0.2) is 54.2 Å². The van der Waals surface area contributed by atoms with Gasteiger partial charge >= 0.3 is 12.4 Å². The molecule has 0 aromatic heterocycles. The van der Waals surface area contributed by atoms with Gasteiger partial charge in [-0.2, -0.15) is 31.6 Å². The molecule has 4 rings (SSSR count). The topological polar surface area (TPSA) is 121 Å². The lowest BCUT2D eigenvalue weighted by atomic mass is 9.92. The number of hydrogen-bond donors (Lipinski definition) is 4. The highest BCUT2D eigenvalue weighted by atomic mass is 19.4. The van der Waals surface area contributed by atoms with Crippen LogP contribution in [0.15, 0.2) is 36.4 Å². The van der Waals surface area contributed by atoms with Crippen molar-refractivity contribution in [1.29, 1.82) is 5.26 Å². The summed E-state index contributed by atoms with van der Waals surface area (Å²) in [5.74, 6) is -0.307. The third-order valence-electron chi connectivity index (χ3n) is 7.67. The quantitative estimate of drug-likeness (QED) is 0.220. The number of hydrogen-bond acceptors (Lipinski definition) is 8. The summed E-state index contributed by atoms with van der Waals surface area (Å²) in [6, 6.07) is 8.00. The van der Waals surface area contributed by atoms with Gasteiger partial charge in [-0.1, -0.05) is 0 Å². The second kappa shape index (κ2) is 13.3. The first-order chi connectivity index (χ1) is 20.2. The number of nitriles is 1. The standard InChI is InChI=1S/C28H31F6N5O4/c29-27(30,31)23-14-21(5-1-17(23)15-35)38-11-9-19(10-12-38)37-26(40)16-43-22-6-2-18(3-7-22)36-20-4-8-25(39(41)42)24(13-20)28(32,33)34/h1,4-5,8,13-14,18-19,22,36,41-42H,2-3,6-7,9-12,16H2,(H,37,40). The fraction of sp³-hybridized carbons (Fsp3) is 0.500. The van der Waals surface area contributed by atoms with Gasteiger partial charge in [0.2, 0.25) is 5.91 Å². The number of ether oxygens (including phenoxy) is 1. The fourth-order valence-corrected chi connectivity index (χ4v) is 5.44. The zero-order valence-corrected chi connectivity index (χ0v) is 22.9. The molecule has 234 valence electrons. The number of nitrogens with one attached hydrogen (secondary N) is 2. The zero-order chi connectivity index (χ0) is 31.4. The van der Waals surface area contributed by atoms with Crippen LogP contribution in [0.5, 0.6) is 0 Å². The fourth-order valence-electron chi connectivity index (χ4n) is 5.44. The first-order valence-corrected chi connectivity index (χ1v) is 13.7. The van der Waals surface area contributed by atoms with Gasteiger partial charge < -0.3 is 20.3 Å². The number of anilines is 3. The van der Waals surface area contributed by atoms with Gasteiger partial charge in [0.25, 0.3) is 0 Å². The molecular weight excluding hydrogens is 584 g/mol. The van der Waals surface area contributed by atoms with Gasteiger partial charge in [0.1, 0.15) is 12.3 Å². The van der Waals surface area contributed by atoms with Crippen LogP contribution < -0.4 is 20.8 Å². The van der Waals surface area contributed by atoms with E-state index in [-0.39, 0.29) is 36.4 Å². The van der Waals surface area contributed by atoms with E-state index in [1.165, 1.54) is 12.1 Å². The molecule has 43 heavy (non-hydrogen) atoms. The van der Waals surface area contributed by atoms with Crippen molar-refractivity contribution in [1.82, 2.24) is 5.32 Å². The number of benzene rings is 2. The van der Waals surface area contributed by atoms with Crippen molar-refractivity contribution in [2.24, 2.45) is 0 Å². The van der Waals surface area contributed by atoms with E-state index in [1.54, 1.807) is 11.0 Å². The van der Waals surface area contributed by atoms with Crippen LogP contribution in [0.4, 0.5) is 43.4 Å². The number of halogens is 6. The monoisotopic (exact) mass is 615 g/mol. The molecular formula is C28H31F6N5O4. The average molecular weight is 616 g/mol. The summed E-state index contributed by atoms with van der Waals surface area (Å²) in [4.78, 5) is 14.3. The first kappa shape index (κ1) is 32.2. The Morgan fingerprint density at radius 1 is 0.930 bits per heavy atom. The molecule has 1 heterocycles. The van der Waals surface area contributed by atoms with Gasteiger partial charge in [0, 0.05) is 36.5 Å². The van der Waals surface area contributed by atoms with Crippen molar-refractivity contribution < 1.29 is 46.3 Å². The Balaban J connectivity index is 1.19. The second-order valence-electron chi connectivity index (χ2n) is 10.6. The molecule has 1 saturated carbocycles. The predicted octanol–water partition coefficient (Wildman–Crippen LogP) is 5.71. The zero-order valence-electron chi connectivity index (χ0n) is 22.9. The van der Waals surface area contributed by atoms with Crippen molar-refractivity contribution in [3.05, 3.63) is 53.1 Å². The SMILES string of the molecule is N#Cc1ccc(N2CCC(NC(=O)COC3CCC(Nc4ccc(N(O)O)c(C(F)(F)F)c4)CC3)CC2)cc1C(F)(F)F. The molecule has 1 amide bonds. The van der Waals surface area contributed by atoms with Crippen LogP contribution in [0.1, 0.15) is 55.2 Å². The van der Waals surface area contributed by atoms with Gasteiger partial charge in [-0.15, -0.1) is 5.23 Å². The van der Waals surface area contributed by atoms with Crippen LogP contribution in [0, 0.1) is 11.3 Å². The first-order valence-electron chi connectivity index (χ1n) is 13.7.